The molecule has 7 heteroatoms. The third-order valence-corrected chi connectivity index (χ3v) is 2.76. The van der Waals surface area contributed by atoms with Crippen LogP contribution in [0.3, 0.4) is 0 Å². The minimum atomic E-state index is -1.04. The summed E-state index contributed by atoms with van der Waals surface area (Å²) >= 11 is 0. The fraction of sp³-hybridized carbons (Fsp3) is 0.214. The number of nitrogens with one attached hydrogen (secondary N) is 1. The molecule has 1 aromatic heterocycles. The van der Waals surface area contributed by atoms with Gasteiger partial charge in [0.05, 0.1) is 11.3 Å². The molecule has 0 fully saturated rings. The number of ether oxygens (including phenoxy) is 1. The fourth-order valence-corrected chi connectivity index (χ4v) is 1.74. The number of nitrogens with zero attached hydrogens (tertiary/aromatic N) is 1. The summed E-state index contributed by atoms with van der Waals surface area (Å²) in [5.74, 6) is -0.887. The van der Waals surface area contributed by atoms with Gasteiger partial charge in [0.1, 0.15) is 5.75 Å². The van der Waals surface area contributed by atoms with E-state index in [0.29, 0.717) is 17.0 Å². The molecule has 0 unspecified atom stereocenters. The van der Waals surface area contributed by atoms with Gasteiger partial charge >= 0.3 is 5.97 Å². The van der Waals surface area contributed by atoms with Crippen LogP contribution in [0.15, 0.2) is 28.8 Å². The van der Waals surface area contributed by atoms with Crippen LogP contribution >= 0.6 is 0 Å². The molecule has 2 aromatic rings. The van der Waals surface area contributed by atoms with Gasteiger partial charge < -0.3 is 14.4 Å². The highest BCUT2D eigenvalue weighted by Crippen LogP contribution is 2.21. The number of benzene rings is 1. The van der Waals surface area contributed by atoms with Gasteiger partial charge in [-0.3, -0.25) is 10.1 Å². The first-order chi connectivity index (χ1) is 9.97. The number of hydrogen-bond donors (Lipinski definition) is 2. The number of carbonyl (C=O) groups excluding carboxylic acids is 1. The monoisotopic (exact) mass is 290 g/mol. The van der Waals surface area contributed by atoms with E-state index in [2.05, 4.69) is 10.5 Å². The lowest BCUT2D eigenvalue weighted by molar-refractivity contribution is -0.118. The number of carboxylic acids is 1. The van der Waals surface area contributed by atoms with Crippen molar-refractivity contribution in [1.82, 2.24) is 5.16 Å². The van der Waals surface area contributed by atoms with Crippen LogP contribution in [0.1, 0.15) is 21.6 Å². The molecule has 2 N–H and O–H groups in total. The number of aryl methyl sites for hydroxylation is 1. The maximum Gasteiger partial charge on any atom is 0.336 e. The van der Waals surface area contributed by atoms with Crippen molar-refractivity contribution in [3.8, 4) is 5.75 Å². The zero-order chi connectivity index (χ0) is 15.4. The molecule has 0 atom stereocenters. The Morgan fingerprint density at radius 3 is 2.76 bits per heavy atom. The van der Waals surface area contributed by atoms with Crippen LogP contribution in [-0.4, -0.2) is 28.7 Å². The Balaban J connectivity index is 1.98. The predicted molar refractivity (Wildman–Crippen MR) is 73.5 cm³/mol. The van der Waals surface area contributed by atoms with Gasteiger partial charge in [-0.05, 0) is 26.0 Å². The highest BCUT2D eigenvalue weighted by Gasteiger charge is 2.12. The number of rotatable bonds is 5. The Labute approximate surface area is 120 Å². The van der Waals surface area contributed by atoms with Crippen LogP contribution in [0.5, 0.6) is 5.75 Å². The molecule has 0 saturated carbocycles. The quantitative estimate of drug-likeness (QED) is 0.873. The summed E-state index contributed by atoms with van der Waals surface area (Å²) in [6.07, 6.45) is 0. The van der Waals surface area contributed by atoms with Gasteiger partial charge in [0.25, 0.3) is 5.91 Å². The van der Waals surface area contributed by atoms with Crippen molar-refractivity contribution in [2.45, 2.75) is 13.8 Å². The summed E-state index contributed by atoms with van der Waals surface area (Å²) in [5.41, 5.74) is 1.25. The van der Waals surface area contributed by atoms with E-state index in [1.165, 1.54) is 6.07 Å². The van der Waals surface area contributed by atoms with Gasteiger partial charge in [0.15, 0.2) is 6.61 Å². The van der Waals surface area contributed by atoms with E-state index in [0.717, 1.165) is 0 Å². The van der Waals surface area contributed by atoms with E-state index in [1.807, 2.05) is 0 Å². The molecular weight excluding hydrogens is 276 g/mol. The van der Waals surface area contributed by atoms with Crippen molar-refractivity contribution in [3.63, 3.8) is 0 Å². The third-order valence-electron chi connectivity index (χ3n) is 2.76. The summed E-state index contributed by atoms with van der Waals surface area (Å²) in [6, 6.07) is 6.22. The van der Waals surface area contributed by atoms with E-state index in [9.17, 15) is 9.59 Å². The Morgan fingerprint density at radius 1 is 1.38 bits per heavy atom. The van der Waals surface area contributed by atoms with E-state index in [4.69, 9.17) is 14.4 Å². The fourth-order valence-electron chi connectivity index (χ4n) is 1.74. The number of anilines is 1. The van der Waals surface area contributed by atoms with Crippen molar-refractivity contribution in [3.05, 3.63) is 41.1 Å². The van der Waals surface area contributed by atoms with Gasteiger partial charge in [-0.25, -0.2) is 4.79 Å². The van der Waals surface area contributed by atoms with Crippen molar-refractivity contribution < 1.29 is 24.0 Å². The lowest BCUT2D eigenvalue weighted by atomic mass is 10.1. The van der Waals surface area contributed by atoms with Gasteiger partial charge in [-0.15, -0.1) is 0 Å². The maximum absolute atomic E-state index is 11.7. The molecule has 21 heavy (non-hydrogen) atoms. The van der Waals surface area contributed by atoms with Crippen molar-refractivity contribution in [2.24, 2.45) is 0 Å². The molecule has 7 nitrogen and oxygen atoms in total. The van der Waals surface area contributed by atoms with Crippen LogP contribution < -0.4 is 10.1 Å². The Kier molecular flexibility index (Phi) is 4.22. The van der Waals surface area contributed by atoms with Gasteiger partial charge in [-0.2, -0.15) is 0 Å². The van der Waals surface area contributed by atoms with Crippen LogP contribution in [-0.2, 0) is 4.79 Å². The molecule has 0 spiro atoms. The van der Waals surface area contributed by atoms with Crippen LogP contribution in [0.4, 0.5) is 5.88 Å². The summed E-state index contributed by atoms with van der Waals surface area (Å²) < 4.78 is 10.2. The molecule has 0 aliphatic rings. The standard InChI is InChI=1S/C14H14N2O5/c1-8-6-13(21-16-8)15-12(17)7-20-11-5-3-4-10(9(11)2)14(18)19/h3-6H,7H2,1-2H3,(H,15,17)(H,18,19). The summed E-state index contributed by atoms with van der Waals surface area (Å²) in [4.78, 5) is 22.7. The van der Waals surface area contributed by atoms with Gasteiger partial charge in [-0.1, -0.05) is 11.2 Å². The van der Waals surface area contributed by atoms with E-state index in [1.54, 1.807) is 32.0 Å². The third kappa shape index (κ3) is 3.59. The van der Waals surface area contributed by atoms with Gasteiger partial charge in [0, 0.05) is 11.6 Å². The second-order valence-electron chi connectivity index (χ2n) is 4.40. The molecule has 2 rings (SSSR count). The molecule has 1 amide bonds. The van der Waals surface area contributed by atoms with Crippen LogP contribution in [0, 0.1) is 13.8 Å². The highest BCUT2D eigenvalue weighted by atomic mass is 16.5. The first-order valence-electron chi connectivity index (χ1n) is 6.16. The normalized spacial score (nSPS) is 10.2. The molecule has 0 bridgehead atoms. The number of aromatic nitrogens is 1. The van der Waals surface area contributed by atoms with Crippen molar-refractivity contribution in [1.29, 1.82) is 0 Å². The largest absolute Gasteiger partial charge is 0.483 e. The number of carbonyl (C=O) groups is 2. The molecule has 1 heterocycles. The Bertz CT molecular complexity index is 678. The lowest BCUT2D eigenvalue weighted by Gasteiger charge is -2.10. The van der Waals surface area contributed by atoms with Gasteiger partial charge in [0.2, 0.25) is 5.88 Å². The predicted octanol–water partition coefficient (Wildman–Crippen LogP) is 2.01. The van der Waals surface area contributed by atoms with Crippen LogP contribution in [0.2, 0.25) is 0 Å². The molecule has 0 aliphatic heterocycles. The second-order valence-corrected chi connectivity index (χ2v) is 4.40. The topological polar surface area (TPSA) is 102 Å². The maximum atomic E-state index is 11.7. The minimum Gasteiger partial charge on any atom is -0.483 e. The number of carboxylic acid groups (broad SMARTS) is 1. The molecular formula is C14H14N2O5. The Morgan fingerprint density at radius 2 is 2.14 bits per heavy atom. The van der Waals surface area contributed by atoms with E-state index in [-0.39, 0.29) is 18.1 Å². The second kappa shape index (κ2) is 6.08. The number of amides is 1. The van der Waals surface area contributed by atoms with E-state index < -0.39 is 11.9 Å². The smallest absolute Gasteiger partial charge is 0.336 e. The zero-order valence-electron chi connectivity index (χ0n) is 11.5. The Hall–Kier alpha value is -2.83. The molecule has 0 radical (unpaired) electrons. The molecule has 0 saturated heterocycles. The zero-order valence-corrected chi connectivity index (χ0v) is 11.5. The first-order valence-corrected chi connectivity index (χ1v) is 6.16. The first kappa shape index (κ1) is 14.6. The summed E-state index contributed by atoms with van der Waals surface area (Å²) in [5, 5.41) is 15.1. The summed E-state index contributed by atoms with van der Waals surface area (Å²) in [7, 11) is 0. The van der Waals surface area contributed by atoms with Crippen molar-refractivity contribution >= 4 is 17.8 Å². The average Bonchev–Trinajstić information content (AvgIpc) is 2.82. The molecule has 0 aliphatic carbocycles. The summed E-state index contributed by atoms with van der Waals surface area (Å²) in [6.45, 7) is 3.09. The minimum absolute atomic E-state index is 0.138. The lowest BCUT2D eigenvalue weighted by Crippen LogP contribution is -2.20. The van der Waals surface area contributed by atoms with Crippen LogP contribution in [0.25, 0.3) is 0 Å². The number of aromatic carboxylic acids is 1. The van der Waals surface area contributed by atoms with Crippen molar-refractivity contribution in [2.75, 3.05) is 11.9 Å². The SMILES string of the molecule is Cc1cc(NC(=O)COc2cccc(C(=O)O)c2C)on1. The van der Waals surface area contributed by atoms with E-state index >= 15 is 0 Å². The molecule has 110 valence electrons. The average molecular weight is 290 g/mol. The molecule has 1 aromatic carbocycles. The number of hydrogen-bond acceptors (Lipinski definition) is 5. The highest BCUT2D eigenvalue weighted by molar-refractivity contribution is 5.91.